The van der Waals surface area contributed by atoms with Crippen LogP contribution in [0.2, 0.25) is 0 Å². The molecule has 43 nitrogen and oxygen atoms in total. The zero-order chi connectivity index (χ0) is 84.0. The van der Waals surface area contributed by atoms with E-state index in [0.717, 1.165) is 39.0 Å². The summed E-state index contributed by atoms with van der Waals surface area (Å²) >= 11 is 0. The quantitative estimate of drug-likeness (QED) is 0.0148. The first-order chi connectivity index (χ1) is 53.5. The van der Waals surface area contributed by atoms with Crippen molar-refractivity contribution in [2.24, 2.45) is 11.5 Å². The van der Waals surface area contributed by atoms with E-state index in [9.17, 15) is 121 Å². The number of H-pyrrole nitrogens is 1. The minimum atomic E-state index is -2.34. The van der Waals surface area contributed by atoms with Crippen molar-refractivity contribution in [1.82, 2.24) is 79.4 Å². The summed E-state index contributed by atoms with van der Waals surface area (Å²) in [6.07, 6.45) is -0.744. The number of nitrogens with two attached hydrogens (primary N) is 3. The molecule has 0 spiro atoms. The summed E-state index contributed by atoms with van der Waals surface area (Å²) in [4.78, 5) is 274. The SMILES string of the molecule is CCCCCCCCCC(=O)N[C@@H](Cc1c[nH]c2ccccc12)C(=O)N[C@H](CC(N)=O)C(=O)N[C@@H](CC(=O)O)C(=O)N[C@H]1CNC(=O)[C@H](CC(=O)c2ccccc2N)NC(=O)[C@H](CCC(=O)O)NC(=O)[C@@H](CO)NC(=O)CNC(=O)[C@H](CC(=O)O)NC(=O)[C@@H](C)NC(=O)[C@H](CC(=O)O)NC(=O)[C@H](CCCN)NC(=O)CNC1=O. The number of amides is 15. The highest BCUT2D eigenvalue weighted by Gasteiger charge is 2.38. The maximum absolute atomic E-state index is 14.7. The molecule has 618 valence electrons. The van der Waals surface area contributed by atoms with Gasteiger partial charge in [-0.1, -0.05) is 75.8 Å². The van der Waals surface area contributed by atoms with Gasteiger partial charge in [0.1, 0.15) is 66.5 Å². The Labute approximate surface area is 645 Å². The number of aliphatic carboxylic acids is 4. The van der Waals surface area contributed by atoms with Crippen LogP contribution in [0.3, 0.4) is 0 Å². The molecule has 1 aliphatic heterocycles. The van der Waals surface area contributed by atoms with Crippen molar-refractivity contribution in [2.75, 3.05) is 38.5 Å². The largest absolute Gasteiger partial charge is 0.481 e. The predicted octanol–water partition coefficient (Wildman–Crippen LogP) is -6.68. The van der Waals surface area contributed by atoms with E-state index >= 15 is 0 Å². The number of aliphatic hydroxyl groups excluding tert-OH is 1. The minimum Gasteiger partial charge on any atom is -0.481 e. The number of nitrogen functional groups attached to an aromatic ring is 1. The summed E-state index contributed by atoms with van der Waals surface area (Å²) in [5.74, 6) is -27.6. The lowest BCUT2D eigenvalue weighted by molar-refractivity contribution is -0.142. The van der Waals surface area contributed by atoms with Crippen LogP contribution in [0.15, 0.2) is 54.7 Å². The van der Waals surface area contributed by atoms with Crippen molar-refractivity contribution in [3.05, 3.63) is 65.9 Å². The maximum Gasteiger partial charge on any atom is 0.305 e. The lowest BCUT2D eigenvalue weighted by Crippen LogP contribution is -2.61. The Kier molecular flexibility index (Phi) is 38.9. The number of aromatic amines is 1. The number of hydrogen-bond acceptors (Lipinski definition) is 23. The fourth-order valence-electron chi connectivity index (χ4n) is 11.3. The van der Waals surface area contributed by atoms with Crippen LogP contribution >= 0.6 is 0 Å². The Morgan fingerprint density at radius 3 is 1.61 bits per heavy atom. The van der Waals surface area contributed by atoms with E-state index in [1.165, 1.54) is 24.3 Å². The van der Waals surface area contributed by atoms with Crippen LogP contribution in [-0.2, 0) is 97.5 Å². The molecule has 0 unspecified atom stereocenters. The third kappa shape index (κ3) is 32.8. The van der Waals surface area contributed by atoms with Gasteiger partial charge in [0.15, 0.2) is 5.78 Å². The van der Waals surface area contributed by atoms with Crippen LogP contribution in [0.25, 0.3) is 10.9 Å². The number of carboxylic acids is 4. The number of rotatable bonds is 35. The Balaban J connectivity index is 1.83. The number of aliphatic hydroxyl groups is 1. The van der Waals surface area contributed by atoms with Gasteiger partial charge in [0.25, 0.3) is 0 Å². The number of para-hydroxylation sites is 2. The number of aromatic nitrogens is 1. The number of carbonyl (C=O) groups is 20. The van der Waals surface area contributed by atoms with Gasteiger partial charge in [0.05, 0.1) is 45.4 Å². The Morgan fingerprint density at radius 2 is 1.02 bits per heavy atom. The fraction of sp³-hybridized carbons (Fsp3) is 0.514. The summed E-state index contributed by atoms with van der Waals surface area (Å²) in [7, 11) is 0. The second-order valence-corrected chi connectivity index (χ2v) is 26.4. The van der Waals surface area contributed by atoms with E-state index < -0.39 is 256 Å². The van der Waals surface area contributed by atoms with Crippen LogP contribution in [-0.4, -0.2) is 248 Å². The molecule has 0 aliphatic carbocycles. The lowest BCUT2D eigenvalue weighted by atomic mass is 10.0. The average molecular weight is 1590 g/mol. The number of Topliss-reactive ketones (excluding diaryl/α,β-unsaturated/α-hetero) is 1. The predicted molar refractivity (Wildman–Crippen MR) is 393 cm³/mol. The average Bonchev–Trinajstić information content (AvgIpc) is 1.40. The van der Waals surface area contributed by atoms with E-state index in [-0.39, 0.29) is 43.5 Å². The van der Waals surface area contributed by atoms with Gasteiger partial charge >= 0.3 is 23.9 Å². The monoisotopic (exact) mass is 1590 g/mol. The molecule has 11 atom stereocenters. The Hall–Kier alpha value is -12.7. The topological polar surface area (TPSA) is 705 Å². The Morgan fingerprint density at radius 1 is 0.504 bits per heavy atom. The molecule has 1 aromatic heterocycles. The van der Waals surface area contributed by atoms with Crippen LogP contribution in [0, 0.1) is 0 Å². The van der Waals surface area contributed by atoms with E-state index in [0.29, 0.717) is 29.3 Å². The summed E-state index contributed by atoms with van der Waals surface area (Å²) in [6.45, 7) is -2.00. The Bertz CT molecular complexity index is 3960. The molecule has 0 bridgehead atoms. The van der Waals surface area contributed by atoms with Crippen molar-refractivity contribution >= 4 is 135 Å². The van der Waals surface area contributed by atoms with E-state index in [1.54, 1.807) is 30.5 Å². The number of carboxylic acid groups (broad SMARTS) is 4. The number of hydrogen-bond donors (Lipinski definition) is 23. The molecule has 43 heteroatoms. The number of primary amides is 1. The zero-order valence-corrected chi connectivity index (χ0v) is 61.9. The molecule has 1 aliphatic rings. The number of fused-ring (bicyclic) bond motifs is 1. The van der Waals surface area contributed by atoms with Gasteiger partial charge < -0.3 is 122 Å². The molecule has 1 saturated heterocycles. The smallest absolute Gasteiger partial charge is 0.305 e. The third-order valence-electron chi connectivity index (χ3n) is 17.3. The van der Waals surface area contributed by atoms with Gasteiger partial charge in [0.2, 0.25) is 88.6 Å². The molecule has 113 heavy (non-hydrogen) atoms. The molecule has 26 N–H and O–H groups in total. The summed E-state index contributed by atoms with van der Waals surface area (Å²) in [5.41, 5.74) is 18.1. The van der Waals surface area contributed by atoms with Crippen molar-refractivity contribution in [1.29, 1.82) is 0 Å². The lowest BCUT2D eigenvalue weighted by Gasteiger charge is -2.27. The molecule has 1 fully saturated rings. The summed E-state index contributed by atoms with van der Waals surface area (Å²) in [6, 6.07) is -9.97. The van der Waals surface area contributed by atoms with Crippen LogP contribution < -0.4 is 91.6 Å². The van der Waals surface area contributed by atoms with E-state index in [4.69, 9.17) is 17.2 Å². The second-order valence-electron chi connectivity index (χ2n) is 26.4. The summed E-state index contributed by atoms with van der Waals surface area (Å²) < 4.78 is 0. The number of unbranched alkanes of at least 4 members (excludes halogenated alkanes) is 6. The molecular formula is C70H98N18O25. The van der Waals surface area contributed by atoms with Crippen LogP contribution in [0.1, 0.15) is 139 Å². The van der Waals surface area contributed by atoms with Gasteiger partial charge in [0, 0.05) is 60.6 Å². The van der Waals surface area contributed by atoms with Crippen LogP contribution in [0.5, 0.6) is 0 Å². The molecule has 0 radical (unpaired) electrons. The maximum atomic E-state index is 14.7. The van der Waals surface area contributed by atoms with Crippen molar-refractivity contribution in [3.63, 3.8) is 0 Å². The normalized spacial score (nSPS) is 20.4. The van der Waals surface area contributed by atoms with Crippen LogP contribution in [0.4, 0.5) is 5.69 Å². The highest BCUT2D eigenvalue weighted by molar-refractivity contribution is 6.06. The fourth-order valence-corrected chi connectivity index (χ4v) is 11.3. The van der Waals surface area contributed by atoms with Gasteiger partial charge in [-0.2, -0.15) is 0 Å². The number of carbonyl (C=O) groups excluding carboxylic acids is 16. The third-order valence-corrected chi connectivity index (χ3v) is 17.3. The van der Waals surface area contributed by atoms with Gasteiger partial charge in [-0.05, 0) is 62.9 Å². The molecule has 2 heterocycles. The number of nitrogens with one attached hydrogen (secondary N) is 15. The molecule has 15 amide bonds. The van der Waals surface area contributed by atoms with Crippen molar-refractivity contribution < 1.29 is 121 Å². The van der Waals surface area contributed by atoms with Gasteiger partial charge in [-0.3, -0.25) is 95.9 Å². The first-order valence-electron chi connectivity index (χ1n) is 36.1. The number of benzene rings is 2. The molecule has 2 aromatic carbocycles. The highest BCUT2D eigenvalue weighted by Crippen LogP contribution is 2.21. The number of ketones is 1. The molecule has 4 rings (SSSR count). The van der Waals surface area contributed by atoms with Gasteiger partial charge in [-0.15, -0.1) is 0 Å². The van der Waals surface area contributed by atoms with E-state index in [1.807, 2.05) is 16.0 Å². The van der Waals surface area contributed by atoms with E-state index in [2.05, 4.69) is 70.4 Å². The highest BCUT2D eigenvalue weighted by atomic mass is 16.4. The molecule has 0 saturated carbocycles. The second kappa shape index (κ2) is 47.4. The summed E-state index contributed by atoms with van der Waals surface area (Å²) in [5, 5.41) is 80.5. The molecular weight excluding hydrogens is 1490 g/mol. The first kappa shape index (κ1) is 92.7. The standard InChI is InChI=1S/C70H98N18O25/c1-3-4-5-6-7-8-9-20-53(92)80-43(24-36-30-74-40-18-13-11-15-37(36)40)67(110)85-45(26-52(73)91)68(111)87-48(29-59(101)102)69(112)88-49-31-75-61(104)44(25-51(90)38-16-10-12-17-39(38)72)84-65(108)42(21-22-56(95)96)82-70(113)50(34-89)81-55(94)33-76-62(105)46(27-57(97)98)83-60(103)35(2)78-66(109)47(28-58(99)100)86-64(107)41(19-14-23-71)79-54(93)32-77-63(49)106/h10-13,15-18,30,35,41-50,74,89H,3-9,14,19-29,31-34,71-72H2,1-2H3,(H2,73,91)(H,75,104)(H,76,105)(H,77,106)(H,78,109)(H,79,93)(H,80,92)(H,81,94)(H,82,113)(H,83,103)(H,84,108)(H,85,110)(H,86,107)(H,87,111)(H,88,112)(H,95,96)(H,97,98)(H,99,100)(H,101,102)/t35-,41+,42+,43+,44+,45-,46+,47+,48+,49+,50-/m1/s1. The van der Waals surface area contributed by atoms with Crippen molar-refractivity contribution in [2.45, 2.75) is 196 Å². The number of anilines is 1. The molecule has 3 aromatic rings. The van der Waals surface area contributed by atoms with Crippen molar-refractivity contribution in [3.8, 4) is 0 Å². The van der Waals surface area contributed by atoms with Gasteiger partial charge in [-0.25, -0.2) is 0 Å². The minimum absolute atomic E-state index is 0.0121. The zero-order valence-electron chi connectivity index (χ0n) is 61.9. The first-order valence-corrected chi connectivity index (χ1v) is 36.1.